The van der Waals surface area contributed by atoms with Gasteiger partial charge in [0.25, 0.3) is 0 Å². The average Bonchev–Trinajstić information content (AvgIpc) is 2.77. The van der Waals surface area contributed by atoms with Crippen LogP contribution in [0.2, 0.25) is 0 Å². The minimum atomic E-state index is -0.285. The Bertz CT molecular complexity index is 801. The summed E-state index contributed by atoms with van der Waals surface area (Å²) in [5.41, 5.74) is 10.1. The fourth-order valence-electron chi connectivity index (χ4n) is 3.51. The largest absolute Gasteiger partial charge is 0.379 e. The van der Waals surface area contributed by atoms with Crippen LogP contribution in [-0.2, 0) is 24.0 Å². The van der Waals surface area contributed by atoms with Gasteiger partial charge in [-0.2, -0.15) is 0 Å². The Kier molecular flexibility index (Phi) is 9.35. The molecule has 2 rings (SSSR count). The van der Waals surface area contributed by atoms with Gasteiger partial charge in [0.2, 0.25) is 0 Å². The van der Waals surface area contributed by atoms with E-state index in [9.17, 15) is 4.79 Å². The smallest absolute Gasteiger partial charge is 0.331 e. The number of hydrogen-bond acceptors (Lipinski definition) is 3. The topological polar surface area (TPSA) is 82.7 Å². The van der Waals surface area contributed by atoms with Gasteiger partial charge >= 0.3 is 6.03 Å². The molecule has 0 fully saturated rings. The second-order valence-electron chi connectivity index (χ2n) is 7.04. The number of aryl methyl sites for hydroxylation is 2. The summed E-state index contributed by atoms with van der Waals surface area (Å²) in [6.45, 7) is 7.74. The fourth-order valence-corrected chi connectivity index (χ4v) is 3.51. The quantitative estimate of drug-likeness (QED) is 0.350. The predicted molar refractivity (Wildman–Crippen MR) is 123 cm³/mol. The van der Waals surface area contributed by atoms with Gasteiger partial charge in [0.05, 0.1) is 25.4 Å². The molecule has 0 aliphatic heterocycles. The first kappa shape index (κ1) is 23.4. The minimum absolute atomic E-state index is 0.245. The third kappa shape index (κ3) is 6.07. The number of carbonyl (C=O) groups is 1. The van der Waals surface area contributed by atoms with Crippen LogP contribution in [0.5, 0.6) is 0 Å². The van der Waals surface area contributed by atoms with Crippen molar-refractivity contribution in [3.63, 3.8) is 0 Å². The SMILES string of the molecule is CCc1cccc(CC)c1N(CC)C(=O)N(CCOCCc1ccccc1)C(=N)N. The molecule has 0 aliphatic carbocycles. The lowest BCUT2D eigenvalue weighted by Gasteiger charge is -2.31. The van der Waals surface area contributed by atoms with Crippen molar-refractivity contribution in [2.24, 2.45) is 5.73 Å². The molecule has 0 saturated heterocycles. The molecule has 6 heteroatoms. The van der Waals surface area contributed by atoms with Gasteiger partial charge in [-0.15, -0.1) is 0 Å². The lowest BCUT2D eigenvalue weighted by atomic mass is 10.0. The molecule has 0 aliphatic rings. The standard InChI is InChI=1S/C24H34N4O2/c1-4-20-13-10-14-21(5-2)22(20)27(6-3)24(29)28(23(25)26)16-18-30-17-15-19-11-8-7-9-12-19/h7-14H,4-6,15-18H2,1-3H3,(H3,25,26). The Morgan fingerprint density at radius 1 is 0.967 bits per heavy atom. The van der Waals surface area contributed by atoms with Crippen LogP contribution >= 0.6 is 0 Å². The van der Waals surface area contributed by atoms with Gasteiger partial charge in [-0.3, -0.25) is 15.2 Å². The molecule has 0 bridgehead atoms. The molecule has 0 atom stereocenters. The fraction of sp³-hybridized carbons (Fsp3) is 0.417. The van der Waals surface area contributed by atoms with Crippen LogP contribution in [0.15, 0.2) is 48.5 Å². The number of urea groups is 1. The molecule has 0 saturated carbocycles. The summed E-state index contributed by atoms with van der Waals surface area (Å²) in [7, 11) is 0. The summed E-state index contributed by atoms with van der Waals surface area (Å²) >= 11 is 0. The second-order valence-corrected chi connectivity index (χ2v) is 7.04. The summed E-state index contributed by atoms with van der Waals surface area (Å²) in [4.78, 5) is 16.3. The van der Waals surface area contributed by atoms with E-state index in [2.05, 4.69) is 38.1 Å². The van der Waals surface area contributed by atoms with Gasteiger partial charge in [0.1, 0.15) is 0 Å². The predicted octanol–water partition coefficient (Wildman–Crippen LogP) is 4.21. The second kappa shape index (κ2) is 12.0. The summed E-state index contributed by atoms with van der Waals surface area (Å²) < 4.78 is 5.71. The number of nitrogens with zero attached hydrogens (tertiary/aromatic N) is 2. The summed E-state index contributed by atoms with van der Waals surface area (Å²) in [6.07, 6.45) is 2.46. The highest BCUT2D eigenvalue weighted by atomic mass is 16.5. The molecule has 0 spiro atoms. The highest BCUT2D eigenvalue weighted by Crippen LogP contribution is 2.28. The molecule has 2 amide bonds. The van der Waals surface area contributed by atoms with Crippen molar-refractivity contribution in [2.45, 2.75) is 40.0 Å². The van der Waals surface area contributed by atoms with Gasteiger partial charge in [0.15, 0.2) is 5.96 Å². The van der Waals surface area contributed by atoms with Gasteiger partial charge < -0.3 is 10.5 Å². The maximum absolute atomic E-state index is 13.3. The molecular formula is C24H34N4O2. The number of amides is 2. The van der Waals surface area contributed by atoms with E-state index in [-0.39, 0.29) is 18.5 Å². The first-order valence-corrected chi connectivity index (χ1v) is 10.7. The first-order chi connectivity index (χ1) is 14.5. The van der Waals surface area contributed by atoms with E-state index in [1.54, 1.807) is 4.90 Å². The number of rotatable bonds is 10. The monoisotopic (exact) mass is 410 g/mol. The van der Waals surface area contributed by atoms with Crippen LogP contribution < -0.4 is 10.6 Å². The van der Waals surface area contributed by atoms with Crippen LogP contribution in [0, 0.1) is 5.41 Å². The average molecular weight is 411 g/mol. The lowest BCUT2D eigenvalue weighted by molar-refractivity contribution is 0.126. The minimum Gasteiger partial charge on any atom is -0.379 e. The Labute approximate surface area is 180 Å². The Balaban J connectivity index is 2.05. The van der Waals surface area contributed by atoms with Gasteiger partial charge in [-0.1, -0.05) is 62.4 Å². The third-order valence-electron chi connectivity index (χ3n) is 5.14. The van der Waals surface area contributed by atoms with Crippen molar-refractivity contribution < 1.29 is 9.53 Å². The number of carbonyl (C=O) groups excluding carboxylic acids is 1. The first-order valence-electron chi connectivity index (χ1n) is 10.7. The number of nitrogens with one attached hydrogen (secondary N) is 1. The molecule has 0 aromatic heterocycles. The van der Waals surface area contributed by atoms with Crippen molar-refractivity contribution in [3.8, 4) is 0 Å². The highest BCUT2D eigenvalue weighted by Gasteiger charge is 2.26. The number of hydrogen-bond donors (Lipinski definition) is 2. The van der Waals surface area contributed by atoms with E-state index < -0.39 is 0 Å². The summed E-state index contributed by atoms with van der Waals surface area (Å²) in [5, 5.41) is 7.93. The Hall–Kier alpha value is -2.86. The molecule has 0 heterocycles. The van der Waals surface area contributed by atoms with Gasteiger partial charge in [-0.05, 0) is 42.9 Å². The van der Waals surface area contributed by atoms with E-state index in [0.717, 1.165) is 36.1 Å². The van der Waals surface area contributed by atoms with E-state index in [1.165, 1.54) is 10.5 Å². The van der Waals surface area contributed by atoms with Crippen LogP contribution in [-0.4, -0.2) is 43.2 Å². The van der Waals surface area contributed by atoms with Crippen LogP contribution in [0.4, 0.5) is 10.5 Å². The summed E-state index contributed by atoms with van der Waals surface area (Å²) in [5.74, 6) is -0.267. The maximum atomic E-state index is 13.3. The molecule has 0 radical (unpaired) electrons. The van der Waals surface area contributed by atoms with E-state index in [1.807, 2.05) is 31.2 Å². The van der Waals surface area contributed by atoms with Crippen molar-refractivity contribution in [3.05, 3.63) is 65.2 Å². The molecular weight excluding hydrogens is 376 g/mol. The molecule has 2 aromatic rings. The van der Waals surface area contributed by atoms with Crippen LogP contribution in [0.1, 0.15) is 37.5 Å². The number of guanidine groups is 1. The zero-order valence-corrected chi connectivity index (χ0v) is 18.4. The van der Waals surface area contributed by atoms with Crippen LogP contribution in [0.25, 0.3) is 0 Å². The number of para-hydroxylation sites is 1. The highest BCUT2D eigenvalue weighted by molar-refractivity contribution is 6.03. The Morgan fingerprint density at radius 3 is 2.13 bits per heavy atom. The van der Waals surface area contributed by atoms with Crippen LogP contribution in [0.3, 0.4) is 0 Å². The molecule has 3 N–H and O–H groups in total. The summed E-state index contributed by atoms with van der Waals surface area (Å²) in [6, 6.07) is 16.0. The maximum Gasteiger partial charge on any atom is 0.331 e. The van der Waals surface area contributed by atoms with Crippen molar-refractivity contribution in [1.82, 2.24) is 4.90 Å². The van der Waals surface area contributed by atoms with Crippen molar-refractivity contribution >= 4 is 17.7 Å². The normalized spacial score (nSPS) is 10.6. The number of nitrogens with two attached hydrogens (primary N) is 1. The van der Waals surface area contributed by atoms with E-state index in [0.29, 0.717) is 19.8 Å². The van der Waals surface area contributed by atoms with Crippen molar-refractivity contribution in [2.75, 3.05) is 31.2 Å². The zero-order valence-electron chi connectivity index (χ0n) is 18.4. The van der Waals surface area contributed by atoms with Gasteiger partial charge in [-0.25, -0.2) is 4.79 Å². The van der Waals surface area contributed by atoms with Crippen molar-refractivity contribution in [1.29, 1.82) is 5.41 Å². The third-order valence-corrected chi connectivity index (χ3v) is 5.14. The van der Waals surface area contributed by atoms with E-state index in [4.69, 9.17) is 15.9 Å². The number of benzene rings is 2. The molecule has 0 unspecified atom stereocenters. The number of ether oxygens (including phenoxy) is 1. The molecule has 162 valence electrons. The molecule has 2 aromatic carbocycles. The molecule has 30 heavy (non-hydrogen) atoms. The lowest BCUT2D eigenvalue weighted by Crippen LogP contribution is -2.50. The zero-order chi connectivity index (χ0) is 21.9. The Morgan fingerprint density at radius 2 is 1.60 bits per heavy atom. The number of anilines is 1. The molecule has 6 nitrogen and oxygen atoms in total. The van der Waals surface area contributed by atoms with Gasteiger partial charge in [0, 0.05) is 6.54 Å². The van der Waals surface area contributed by atoms with E-state index >= 15 is 0 Å².